The third-order valence-corrected chi connectivity index (χ3v) is 5.62. The number of fused-ring (bicyclic) bond motifs is 3. The largest absolute Gasteiger partial charge is 0.493 e. The molecule has 4 rings (SSSR count). The van der Waals surface area contributed by atoms with E-state index in [0.717, 1.165) is 46.6 Å². The zero-order chi connectivity index (χ0) is 16.5. The van der Waals surface area contributed by atoms with Crippen molar-refractivity contribution >= 4 is 31.5 Å². The molecular weight excluding hydrogens is 323 g/mol. The van der Waals surface area contributed by atoms with Crippen LogP contribution in [0.5, 0.6) is 11.5 Å². The van der Waals surface area contributed by atoms with Crippen LogP contribution in [0.3, 0.4) is 0 Å². The molecule has 1 saturated carbocycles. The molecule has 1 heterocycles. The summed E-state index contributed by atoms with van der Waals surface area (Å²) in [6.07, 6.45) is 4.52. The van der Waals surface area contributed by atoms with Crippen LogP contribution in [0.1, 0.15) is 32.6 Å². The highest BCUT2D eigenvalue weighted by molar-refractivity contribution is 7.25. The summed E-state index contributed by atoms with van der Waals surface area (Å²) in [5.41, 5.74) is 0. The van der Waals surface area contributed by atoms with Gasteiger partial charge >= 0.3 is 0 Å². The minimum atomic E-state index is -0.245. The van der Waals surface area contributed by atoms with Gasteiger partial charge in [0.2, 0.25) is 0 Å². The van der Waals surface area contributed by atoms with E-state index in [-0.39, 0.29) is 5.82 Å². The number of thiophene rings is 1. The van der Waals surface area contributed by atoms with Crippen molar-refractivity contribution in [3.05, 3.63) is 36.1 Å². The van der Waals surface area contributed by atoms with Crippen molar-refractivity contribution in [3.8, 4) is 11.5 Å². The molecule has 3 aromatic rings. The lowest BCUT2D eigenvalue weighted by atomic mass is 10.1. The van der Waals surface area contributed by atoms with E-state index in [4.69, 9.17) is 9.47 Å². The summed E-state index contributed by atoms with van der Waals surface area (Å²) in [6.45, 7) is 3.45. The topological polar surface area (TPSA) is 18.5 Å². The van der Waals surface area contributed by atoms with E-state index >= 15 is 0 Å². The fraction of sp³-hybridized carbons (Fsp3) is 0.400. The van der Waals surface area contributed by atoms with Crippen LogP contribution in [0.15, 0.2) is 30.3 Å². The molecule has 0 radical (unpaired) electrons. The first-order chi connectivity index (χ1) is 11.8. The Bertz CT molecular complexity index is 867. The summed E-state index contributed by atoms with van der Waals surface area (Å²) in [7, 11) is 0. The van der Waals surface area contributed by atoms with Gasteiger partial charge in [-0.05, 0) is 55.5 Å². The number of benzene rings is 2. The second kappa shape index (κ2) is 6.60. The number of hydrogen-bond donors (Lipinski definition) is 0. The van der Waals surface area contributed by atoms with Gasteiger partial charge in [-0.25, -0.2) is 4.39 Å². The monoisotopic (exact) mass is 344 g/mol. The lowest BCUT2D eigenvalue weighted by molar-refractivity contribution is 0.295. The third kappa shape index (κ3) is 3.07. The highest BCUT2D eigenvalue weighted by Gasteiger charge is 2.22. The summed E-state index contributed by atoms with van der Waals surface area (Å²) in [5.74, 6) is 1.71. The minimum Gasteiger partial charge on any atom is -0.493 e. The van der Waals surface area contributed by atoms with Crippen LogP contribution in [0.4, 0.5) is 4.39 Å². The smallest absolute Gasteiger partial charge is 0.182 e. The first-order valence-electron chi connectivity index (χ1n) is 8.66. The normalized spacial score (nSPS) is 14.4. The van der Waals surface area contributed by atoms with Crippen molar-refractivity contribution in [1.82, 2.24) is 0 Å². The van der Waals surface area contributed by atoms with Crippen molar-refractivity contribution in [3.63, 3.8) is 0 Å². The number of unbranched alkanes of at least 4 members (excludes halogenated alkanes) is 1. The highest BCUT2D eigenvalue weighted by atomic mass is 32.1. The molecule has 0 aliphatic heterocycles. The van der Waals surface area contributed by atoms with Crippen molar-refractivity contribution in [2.45, 2.75) is 32.6 Å². The number of rotatable bonds is 7. The van der Waals surface area contributed by atoms with Gasteiger partial charge in [-0.2, -0.15) is 0 Å². The molecule has 0 bridgehead atoms. The molecule has 0 amide bonds. The van der Waals surface area contributed by atoms with Crippen LogP contribution in [-0.2, 0) is 0 Å². The van der Waals surface area contributed by atoms with Gasteiger partial charge in [0.1, 0.15) is 5.75 Å². The average molecular weight is 344 g/mol. The lowest BCUT2D eigenvalue weighted by Crippen LogP contribution is -1.98. The molecule has 2 nitrogen and oxygen atoms in total. The van der Waals surface area contributed by atoms with Gasteiger partial charge in [0.15, 0.2) is 11.6 Å². The van der Waals surface area contributed by atoms with Crippen LogP contribution >= 0.6 is 11.3 Å². The molecule has 0 N–H and O–H groups in total. The van der Waals surface area contributed by atoms with Gasteiger partial charge in [0.05, 0.1) is 17.9 Å². The fourth-order valence-electron chi connectivity index (χ4n) is 2.80. The predicted molar refractivity (Wildman–Crippen MR) is 97.9 cm³/mol. The third-order valence-electron chi connectivity index (χ3n) is 4.46. The van der Waals surface area contributed by atoms with Crippen LogP contribution in [0.25, 0.3) is 20.2 Å². The Morgan fingerprint density at radius 2 is 1.96 bits per heavy atom. The molecule has 1 aliphatic rings. The maximum atomic E-state index is 14.8. The van der Waals surface area contributed by atoms with Crippen molar-refractivity contribution in [2.24, 2.45) is 5.92 Å². The second-order valence-electron chi connectivity index (χ2n) is 6.47. The van der Waals surface area contributed by atoms with Gasteiger partial charge in [-0.15, -0.1) is 11.3 Å². The predicted octanol–water partition coefficient (Wildman–Crippen LogP) is 6.16. The summed E-state index contributed by atoms with van der Waals surface area (Å²) >= 11 is 1.47. The van der Waals surface area contributed by atoms with Crippen LogP contribution in [0, 0.1) is 11.7 Å². The fourth-order valence-corrected chi connectivity index (χ4v) is 3.96. The molecule has 1 fully saturated rings. The molecule has 0 saturated heterocycles. The number of hydrogen-bond acceptors (Lipinski definition) is 3. The van der Waals surface area contributed by atoms with Crippen LogP contribution < -0.4 is 9.47 Å². The van der Waals surface area contributed by atoms with E-state index in [9.17, 15) is 4.39 Å². The molecule has 0 spiro atoms. The first kappa shape index (κ1) is 15.7. The molecule has 0 atom stereocenters. The van der Waals surface area contributed by atoms with Gasteiger partial charge in [-0.3, -0.25) is 0 Å². The Balaban J connectivity index is 1.65. The van der Waals surface area contributed by atoms with Gasteiger partial charge in [-0.1, -0.05) is 13.3 Å². The zero-order valence-corrected chi connectivity index (χ0v) is 14.6. The molecule has 1 aliphatic carbocycles. The highest BCUT2D eigenvalue weighted by Crippen LogP contribution is 2.40. The van der Waals surface area contributed by atoms with E-state index in [1.165, 1.54) is 24.2 Å². The van der Waals surface area contributed by atoms with E-state index in [1.807, 2.05) is 24.3 Å². The van der Waals surface area contributed by atoms with Gasteiger partial charge in [0.25, 0.3) is 0 Å². The molecule has 1 aromatic heterocycles. The molecule has 126 valence electrons. The average Bonchev–Trinajstić information content (AvgIpc) is 3.35. The quantitative estimate of drug-likeness (QED) is 0.478. The summed E-state index contributed by atoms with van der Waals surface area (Å²) in [6, 6.07) is 9.76. The molecular formula is C20H21FO2S. The SMILES string of the molecule is CCCCOc1ccc2c(sc3cc(OCC4CC4)ccc32)c1F. The molecule has 0 unspecified atom stereocenters. The Morgan fingerprint density at radius 3 is 2.75 bits per heavy atom. The second-order valence-corrected chi connectivity index (χ2v) is 7.52. The maximum Gasteiger partial charge on any atom is 0.182 e. The lowest BCUT2D eigenvalue weighted by Gasteiger charge is -2.06. The Morgan fingerprint density at radius 1 is 1.12 bits per heavy atom. The molecule has 4 heteroatoms. The first-order valence-corrected chi connectivity index (χ1v) is 9.48. The van der Waals surface area contributed by atoms with Crippen LogP contribution in [-0.4, -0.2) is 13.2 Å². The van der Waals surface area contributed by atoms with Crippen molar-refractivity contribution in [1.29, 1.82) is 0 Å². The van der Waals surface area contributed by atoms with Gasteiger partial charge < -0.3 is 9.47 Å². The minimum absolute atomic E-state index is 0.245. The zero-order valence-electron chi connectivity index (χ0n) is 13.8. The summed E-state index contributed by atoms with van der Waals surface area (Å²) < 4.78 is 27.9. The van der Waals surface area contributed by atoms with Crippen molar-refractivity contribution < 1.29 is 13.9 Å². The Hall–Kier alpha value is -1.81. The van der Waals surface area contributed by atoms with E-state index in [0.29, 0.717) is 17.1 Å². The van der Waals surface area contributed by atoms with Gasteiger partial charge in [0, 0.05) is 15.5 Å². The maximum absolute atomic E-state index is 14.8. The van der Waals surface area contributed by atoms with E-state index in [2.05, 4.69) is 6.92 Å². The standard InChI is InChI=1S/C20H21FO2S/c1-2-3-10-22-17-9-8-16-15-7-6-14(23-12-13-4-5-13)11-18(15)24-20(16)19(17)21/h6-9,11,13H,2-5,10,12H2,1H3. The van der Waals surface area contributed by atoms with Crippen LogP contribution in [0.2, 0.25) is 0 Å². The number of halogens is 1. The Labute approximate surface area is 145 Å². The number of ether oxygens (including phenoxy) is 2. The summed E-state index contributed by atoms with van der Waals surface area (Å²) in [4.78, 5) is 0. The molecule has 2 aromatic carbocycles. The van der Waals surface area contributed by atoms with Crippen molar-refractivity contribution in [2.75, 3.05) is 13.2 Å². The molecule has 24 heavy (non-hydrogen) atoms. The summed E-state index contributed by atoms with van der Waals surface area (Å²) in [5, 5.41) is 2.02. The van der Waals surface area contributed by atoms with E-state index in [1.54, 1.807) is 6.07 Å². The van der Waals surface area contributed by atoms with E-state index < -0.39 is 0 Å². The Kier molecular flexibility index (Phi) is 4.31.